The second kappa shape index (κ2) is 6.34. The molecule has 0 unspecified atom stereocenters. The van der Waals surface area contributed by atoms with Gasteiger partial charge in [-0.3, -0.25) is 4.18 Å². The zero-order chi connectivity index (χ0) is 10.3. The van der Waals surface area contributed by atoms with Crippen LogP contribution in [0.15, 0.2) is 0 Å². The van der Waals surface area contributed by atoms with E-state index in [0.717, 1.165) is 25.7 Å². The zero-order valence-electron chi connectivity index (χ0n) is 8.15. The monoisotopic (exact) mass is 209 g/mol. The van der Waals surface area contributed by atoms with Crippen molar-refractivity contribution in [2.75, 3.05) is 6.61 Å². The molecule has 4 nitrogen and oxygen atoms in total. The first-order valence-corrected chi connectivity index (χ1v) is 5.93. The minimum absolute atomic E-state index is 0.0301. The van der Waals surface area contributed by atoms with Gasteiger partial charge >= 0.3 is 0 Å². The van der Waals surface area contributed by atoms with E-state index in [1.807, 2.05) is 6.92 Å². The number of hydrogen-bond donors (Lipinski definition) is 0. The molecule has 0 aromatic carbocycles. The summed E-state index contributed by atoms with van der Waals surface area (Å²) in [6, 6.07) is 0. The Hall–Kier alpha value is -0.130. The van der Waals surface area contributed by atoms with Gasteiger partial charge in [-0.1, -0.05) is 33.1 Å². The molecule has 0 fully saturated rings. The highest BCUT2D eigenvalue weighted by molar-refractivity contribution is 7.80. The molecule has 0 aliphatic heterocycles. The molecule has 0 N–H and O–H groups in total. The number of rotatable bonds is 7. The molecule has 0 aromatic rings. The van der Waals surface area contributed by atoms with Crippen LogP contribution in [0.25, 0.3) is 0 Å². The van der Waals surface area contributed by atoms with Gasteiger partial charge < -0.3 is 4.55 Å². The normalized spacial score (nSPS) is 14.4. The maximum atomic E-state index is 10.1. The van der Waals surface area contributed by atoms with Gasteiger partial charge in [-0.15, -0.1) is 0 Å². The molecule has 0 spiro atoms. The maximum absolute atomic E-state index is 10.1. The Balaban J connectivity index is 3.72. The van der Waals surface area contributed by atoms with Gasteiger partial charge in [0.2, 0.25) is 10.4 Å². The summed E-state index contributed by atoms with van der Waals surface area (Å²) >= 11 is 0. The predicted molar refractivity (Wildman–Crippen MR) is 49.0 cm³/mol. The summed E-state index contributed by atoms with van der Waals surface area (Å²) in [5.74, 6) is 0.184. The third-order valence-electron chi connectivity index (χ3n) is 1.99. The maximum Gasteiger partial charge on any atom is 0.217 e. The standard InChI is InChI=1S/C8H18O4S/c1-3-5-6-8(4-2)7-12-13(9,10)11/h8H,3-7H2,1-2H3,(H,9,10,11)/p-1/t8-/m1/s1. The van der Waals surface area contributed by atoms with Crippen LogP contribution in [0.5, 0.6) is 0 Å². The molecule has 0 aromatic heterocycles. The van der Waals surface area contributed by atoms with Gasteiger partial charge in [0.15, 0.2) is 0 Å². The first-order valence-electron chi connectivity index (χ1n) is 4.59. The molecule has 0 rings (SSSR count). The van der Waals surface area contributed by atoms with Crippen molar-refractivity contribution >= 4 is 10.4 Å². The lowest BCUT2D eigenvalue weighted by Gasteiger charge is -2.15. The van der Waals surface area contributed by atoms with Crippen molar-refractivity contribution in [2.24, 2.45) is 5.92 Å². The molecule has 5 heteroatoms. The molecule has 0 radical (unpaired) electrons. The van der Waals surface area contributed by atoms with E-state index in [1.54, 1.807) is 0 Å². The summed E-state index contributed by atoms with van der Waals surface area (Å²) in [6.45, 7) is 4.06. The smallest absolute Gasteiger partial charge is 0.217 e. The van der Waals surface area contributed by atoms with Crippen LogP contribution < -0.4 is 0 Å². The molecule has 80 valence electrons. The van der Waals surface area contributed by atoms with Crippen LogP contribution in [0.1, 0.15) is 39.5 Å². The average Bonchev–Trinajstić information content (AvgIpc) is 2.03. The first kappa shape index (κ1) is 12.9. The fraction of sp³-hybridized carbons (Fsp3) is 1.00. The highest BCUT2D eigenvalue weighted by Gasteiger charge is 2.07. The van der Waals surface area contributed by atoms with E-state index in [2.05, 4.69) is 11.1 Å². The van der Waals surface area contributed by atoms with Crippen molar-refractivity contribution in [3.63, 3.8) is 0 Å². The Bertz CT molecular complexity index is 210. The van der Waals surface area contributed by atoms with Crippen LogP contribution in [0.4, 0.5) is 0 Å². The Kier molecular flexibility index (Phi) is 6.28. The largest absolute Gasteiger partial charge is 0.726 e. The fourth-order valence-corrected chi connectivity index (χ4v) is 1.44. The average molecular weight is 209 g/mol. The van der Waals surface area contributed by atoms with E-state index in [1.165, 1.54) is 0 Å². The number of hydrogen-bond acceptors (Lipinski definition) is 4. The van der Waals surface area contributed by atoms with Crippen molar-refractivity contribution < 1.29 is 17.2 Å². The van der Waals surface area contributed by atoms with E-state index in [4.69, 9.17) is 0 Å². The molecule has 0 bridgehead atoms. The molecule has 0 saturated heterocycles. The van der Waals surface area contributed by atoms with Crippen LogP contribution >= 0.6 is 0 Å². The summed E-state index contributed by atoms with van der Waals surface area (Å²) in [5, 5.41) is 0. The second-order valence-corrected chi connectivity index (χ2v) is 4.16. The quantitative estimate of drug-likeness (QED) is 0.472. The highest BCUT2D eigenvalue weighted by atomic mass is 32.3. The SMILES string of the molecule is CCCC[C@@H](CC)COS(=O)(=O)[O-]. The summed E-state index contributed by atoms with van der Waals surface area (Å²) < 4.78 is 34.6. The van der Waals surface area contributed by atoms with Gasteiger partial charge in [-0.05, 0) is 12.3 Å². The van der Waals surface area contributed by atoms with Gasteiger partial charge in [0, 0.05) is 0 Å². The van der Waals surface area contributed by atoms with Gasteiger partial charge in [0.05, 0.1) is 6.61 Å². The molecule has 0 aliphatic carbocycles. The third-order valence-corrected chi connectivity index (χ3v) is 2.42. The minimum Gasteiger partial charge on any atom is -0.726 e. The second-order valence-electron chi connectivity index (χ2n) is 3.11. The summed E-state index contributed by atoms with van der Waals surface area (Å²) in [7, 11) is -4.50. The van der Waals surface area contributed by atoms with Crippen LogP contribution in [-0.2, 0) is 14.6 Å². The fourth-order valence-electron chi connectivity index (χ4n) is 1.08. The Morgan fingerprint density at radius 2 is 2.00 bits per heavy atom. The summed E-state index contributed by atoms with van der Waals surface area (Å²) in [5.41, 5.74) is 0. The van der Waals surface area contributed by atoms with Crippen molar-refractivity contribution in [1.82, 2.24) is 0 Å². The Labute approximate surface area is 80.2 Å². The van der Waals surface area contributed by atoms with Crippen LogP contribution in [-0.4, -0.2) is 19.6 Å². The number of unbranched alkanes of at least 4 members (excludes halogenated alkanes) is 1. The van der Waals surface area contributed by atoms with E-state index in [9.17, 15) is 13.0 Å². The Morgan fingerprint density at radius 3 is 2.38 bits per heavy atom. The van der Waals surface area contributed by atoms with Crippen LogP contribution in [0, 0.1) is 5.92 Å². The molecule has 0 saturated carbocycles. The van der Waals surface area contributed by atoms with E-state index >= 15 is 0 Å². The molecule has 13 heavy (non-hydrogen) atoms. The lowest BCUT2D eigenvalue weighted by atomic mass is 10.0. The van der Waals surface area contributed by atoms with E-state index in [0.29, 0.717) is 0 Å². The van der Waals surface area contributed by atoms with Crippen molar-refractivity contribution in [3.05, 3.63) is 0 Å². The zero-order valence-corrected chi connectivity index (χ0v) is 8.97. The highest BCUT2D eigenvalue weighted by Crippen LogP contribution is 2.13. The van der Waals surface area contributed by atoms with Crippen molar-refractivity contribution in [3.8, 4) is 0 Å². The molecule has 1 atom stereocenters. The van der Waals surface area contributed by atoms with Gasteiger partial charge in [0.1, 0.15) is 0 Å². The van der Waals surface area contributed by atoms with E-state index in [-0.39, 0.29) is 12.5 Å². The topological polar surface area (TPSA) is 66.4 Å². The lowest BCUT2D eigenvalue weighted by Crippen LogP contribution is -2.13. The molecular weight excluding hydrogens is 192 g/mol. The van der Waals surface area contributed by atoms with Crippen molar-refractivity contribution in [2.45, 2.75) is 39.5 Å². The van der Waals surface area contributed by atoms with Gasteiger partial charge in [-0.25, -0.2) is 8.42 Å². The minimum atomic E-state index is -4.50. The summed E-state index contributed by atoms with van der Waals surface area (Å²) in [6.07, 6.45) is 3.87. The van der Waals surface area contributed by atoms with Crippen LogP contribution in [0.3, 0.4) is 0 Å². The Morgan fingerprint density at radius 1 is 1.38 bits per heavy atom. The lowest BCUT2D eigenvalue weighted by molar-refractivity contribution is 0.207. The van der Waals surface area contributed by atoms with Gasteiger partial charge in [-0.2, -0.15) is 0 Å². The molecule has 0 aliphatic rings. The molecule has 0 heterocycles. The third kappa shape index (κ3) is 8.21. The molecule has 0 amide bonds. The van der Waals surface area contributed by atoms with Crippen molar-refractivity contribution in [1.29, 1.82) is 0 Å². The predicted octanol–water partition coefficient (Wildman–Crippen LogP) is 1.68. The first-order chi connectivity index (χ1) is 5.99. The molecular formula is C8H17O4S-. The van der Waals surface area contributed by atoms with Gasteiger partial charge in [0.25, 0.3) is 0 Å². The van der Waals surface area contributed by atoms with Crippen LogP contribution in [0.2, 0.25) is 0 Å². The summed E-state index contributed by atoms with van der Waals surface area (Å²) in [4.78, 5) is 0. The van der Waals surface area contributed by atoms with E-state index < -0.39 is 10.4 Å².